The van der Waals surface area contributed by atoms with E-state index in [-0.39, 0.29) is 12.3 Å². The fraction of sp³-hybridized carbons (Fsp3) is 0.118. The minimum absolute atomic E-state index is 0.0528. The van der Waals surface area contributed by atoms with E-state index in [0.717, 1.165) is 16.3 Å². The van der Waals surface area contributed by atoms with Crippen LogP contribution in [0.4, 0.5) is 0 Å². The Labute approximate surface area is 142 Å². The molecule has 0 aliphatic heterocycles. The van der Waals surface area contributed by atoms with E-state index < -0.39 is 0 Å². The van der Waals surface area contributed by atoms with E-state index in [9.17, 15) is 4.79 Å². The van der Waals surface area contributed by atoms with Crippen LogP contribution in [0, 0.1) is 6.92 Å². The van der Waals surface area contributed by atoms with Crippen LogP contribution in [-0.2, 0) is 0 Å². The number of furan rings is 1. The number of thiazole rings is 1. The van der Waals surface area contributed by atoms with Crippen molar-refractivity contribution in [1.29, 1.82) is 0 Å². The van der Waals surface area contributed by atoms with Crippen LogP contribution in [0.5, 0.6) is 0 Å². The Bertz CT molecular complexity index is 836. The van der Waals surface area contributed by atoms with Crippen LogP contribution < -0.4 is 0 Å². The number of halogens is 1. The minimum Gasteiger partial charge on any atom is -0.463 e. The SMILES string of the molecule is Cc1nc(-c2ccc(Cl)cc2)sc1C(=O)CN=Cc1ccco1. The fourth-order valence-electron chi connectivity index (χ4n) is 2.03. The van der Waals surface area contributed by atoms with Gasteiger partial charge in [0.15, 0.2) is 5.78 Å². The summed E-state index contributed by atoms with van der Waals surface area (Å²) in [5.41, 5.74) is 1.67. The first-order valence-electron chi connectivity index (χ1n) is 6.93. The van der Waals surface area contributed by atoms with Crippen molar-refractivity contribution in [3.8, 4) is 10.6 Å². The molecule has 3 rings (SSSR count). The first-order valence-corrected chi connectivity index (χ1v) is 8.13. The molecular weight excluding hydrogens is 332 g/mol. The molecule has 0 radical (unpaired) electrons. The molecule has 0 fully saturated rings. The molecule has 116 valence electrons. The Balaban J connectivity index is 1.75. The second-order valence-corrected chi connectivity index (χ2v) is 6.28. The summed E-state index contributed by atoms with van der Waals surface area (Å²) in [6, 6.07) is 11.0. The normalized spacial score (nSPS) is 11.2. The van der Waals surface area contributed by atoms with Gasteiger partial charge in [0.25, 0.3) is 0 Å². The first kappa shape index (κ1) is 15.6. The number of benzene rings is 1. The summed E-state index contributed by atoms with van der Waals surface area (Å²) in [6.45, 7) is 1.91. The molecule has 1 aromatic carbocycles. The summed E-state index contributed by atoms with van der Waals surface area (Å²) >= 11 is 7.26. The van der Waals surface area contributed by atoms with Crippen LogP contribution in [0.2, 0.25) is 5.02 Å². The number of nitrogens with zero attached hydrogens (tertiary/aromatic N) is 2. The van der Waals surface area contributed by atoms with E-state index >= 15 is 0 Å². The van der Waals surface area contributed by atoms with E-state index in [2.05, 4.69) is 9.98 Å². The van der Waals surface area contributed by atoms with Gasteiger partial charge in [0.2, 0.25) is 0 Å². The Kier molecular flexibility index (Phi) is 4.69. The predicted molar refractivity (Wildman–Crippen MR) is 92.8 cm³/mol. The first-order chi connectivity index (χ1) is 11.1. The van der Waals surface area contributed by atoms with Crippen LogP contribution in [0.3, 0.4) is 0 Å². The third kappa shape index (κ3) is 3.75. The second kappa shape index (κ2) is 6.89. The van der Waals surface area contributed by atoms with Crippen molar-refractivity contribution >= 4 is 34.9 Å². The molecule has 2 heterocycles. The average Bonchev–Trinajstić information content (AvgIpc) is 3.17. The highest BCUT2D eigenvalue weighted by molar-refractivity contribution is 7.17. The Hall–Kier alpha value is -2.24. The highest BCUT2D eigenvalue weighted by Gasteiger charge is 2.15. The lowest BCUT2D eigenvalue weighted by Crippen LogP contribution is -2.03. The summed E-state index contributed by atoms with van der Waals surface area (Å²) in [4.78, 5) is 21.5. The summed E-state index contributed by atoms with van der Waals surface area (Å²) in [5.74, 6) is 0.573. The average molecular weight is 345 g/mol. The molecule has 0 N–H and O–H groups in total. The third-order valence-corrected chi connectivity index (χ3v) is 4.64. The summed E-state index contributed by atoms with van der Waals surface area (Å²) in [5, 5.41) is 1.48. The van der Waals surface area contributed by atoms with Gasteiger partial charge >= 0.3 is 0 Å². The smallest absolute Gasteiger partial charge is 0.196 e. The van der Waals surface area contributed by atoms with Crippen molar-refractivity contribution in [2.75, 3.05) is 6.54 Å². The quantitative estimate of drug-likeness (QED) is 0.499. The van der Waals surface area contributed by atoms with Crippen molar-refractivity contribution in [3.05, 3.63) is 64.0 Å². The topological polar surface area (TPSA) is 55.5 Å². The highest BCUT2D eigenvalue weighted by Crippen LogP contribution is 2.29. The predicted octanol–water partition coefficient (Wildman–Crippen LogP) is 4.67. The van der Waals surface area contributed by atoms with E-state index in [1.165, 1.54) is 11.3 Å². The number of aryl methyl sites for hydroxylation is 1. The number of Topliss-reactive ketones (excluding diaryl/α,β-unsaturated/α-hetero) is 1. The van der Waals surface area contributed by atoms with Gasteiger partial charge in [0, 0.05) is 10.6 Å². The fourth-order valence-corrected chi connectivity index (χ4v) is 3.15. The lowest BCUT2D eigenvalue weighted by Gasteiger charge is -1.95. The maximum absolute atomic E-state index is 12.3. The Morgan fingerprint density at radius 2 is 2.13 bits per heavy atom. The number of carbonyl (C=O) groups excluding carboxylic acids is 1. The number of hydrogen-bond acceptors (Lipinski definition) is 5. The van der Waals surface area contributed by atoms with Crippen LogP contribution >= 0.6 is 22.9 Å². The monoisotopic (exact) mass is 344 g/mol. The van der Waals surface area contributed by atoms with Gasteiger partial charge in [-0.3, -0.25) is 9.79 Å². The zero-order valence-corrected chi connectivity index (χ0v) is 13.9. The Morgan fingerprint density at radius 1 is 1.35 bits per heavy atom. The summed E-state index contributed by atoms with van der Waals surface area (Å²) < 4.78 is 5.14. The molecule has 0 aliphatic carbocycles. The van der Waals surface area contributed by atoms with Gasteiger partial charge in [-0.1, -0.05) is 23.7 Å². The van der Waals surface area contributed by atoms with Crippen LogP contribution in [0.1, 0.15) is 21.1 Å². The maximum atomic E-state index is 12.3. The lowest BCUT2D eigenvalue weighted by atomic mass is 10.2. The zero-order chi connectivity index (χ0) is 16.2. The van der Waals surface area contributed by atoms with Gasteiger partial charge in [-0.05, 0) is 31.2 Å². The maximum Gasteiger partial charge on any atom is 0.196 e. The second-order valence-electron chi connectivity index (χ2n) is 4.85. The van der Waals surface area contributed by atoms with Crippen LogP contribution in [-0.4, -0.2) is 23.5 Å². The molecule has 0 bridgehead atoms. The summed E-state index contributed by atoms with van der Waals surface area (Å²) in [6.07, 6.45) is 3.11. The highest BCUT2D eigenvalue weighted by atomic mass is 35.5. The van der Waals surface area contributed by atoms with Gasteiger partial charge in [0.05, 0.1) is 23.0 Å². The molecule has 0 amide bonds. The number of aromatic nitrogens is 1. The third-order valence-electron chi connectivity index (χ3n) is 3.14. The van der Waals surface area contributed by atoms with Gasteiger partial charge in [-0.15, -0.1) is 11.3 Å². The van der Waals surface area contributed by atoms with Crippen LogP contribution in [0.25, 0.3) is 10.6 Å². The van der Waals surface area contributed by atoms with Crippen molar-refractivity contribution in [2.45, 2.75) is 6.92 Å². The molecule has 3 aromatic rings. The van der Waals surface area contributed by atoms with E-state index in [1.54, 1.807) is 24.6 Å². The Morgan fingerprint density at radius 3 is 2.83 bits per heavy atom. The largest absolute Gasteiger partial charge is 0.463 e. The van der Waals surface area contributed by atoms with Crippen molar-refractivity contribution in [1.82, 2.24) is 4.98 Å². The molecule has 0 atom stereocenters. The lowest BCUT2D eigenvalue weighted by molar-refractivity contribution is 0.100. The molecule has 23 heavy (non-hydrogen) atoms. The molecule has 0 unspecified atom stereocenters. The zero-order valence-electron chi connectivity index (χ0n) is 12.3. The van der Waals surface area contributed by atoms with E-state index in [0.29, 0.717) is 15.7 Å². The number of rotatable bonds is 5. The van der Waals surface area contributed by atoms with Gasteiger partial charge in [-0.2, -0.15) is 0 Å². The number of ketones is 1. The van der Waals surface area contributed by atoms with Crippen molar-refractivity contribution in [3.63, 3.8) is 0 Å². The molecule has 0 aliphatic rings. The summed E-state index contributed by atoms with van der Waals surface area (Å²) in [7, 11) is 0. The molecule has 0 spiro atoms. The van der Waals surface area contributed by atoms with Crippen molar-refractivity contribution < 1.29 is 9.21 Å². The molecular formula is C17H13ClN2O2S. The van der Waals surface area contributed by atoms with E-state index in [1.807, 2.05) is 31.2 Å². The van der Waals surface area contributed by atoms with Crippen LogP contribution in [0.15, 0.2) is 52.1 Å². The molecule has 2 aromatic heterocycles. The molecule has 6 heteroatoms. The van der Waals surface area contributed by atoms with Gasteiger partial charge in [0.1, 0.15) is 17.3 Å². The number of hydrogen-bond donors (Lipinski definition) is 0. The minimum atomic E-state index is -0.0528. The molecule has 4 nitrogen and oxygen atoms in total. The van der Waals surface area contributed by atoms with Crippen molar-refractivity contribution in [2.24, 2.45) is 4.99 Å². The number of carbonyl (C=O) groups is 1. The molecule has 0 saturated carbocycles. The van der Waals surface area contributed by atoms with E-state index in [4.69, 9.17) is 16.0 Å². The van der Waals surface area contributed by atoms with Gasteiger partial charge in [-0.25, -0.2) is 4.98 Å². The standard InChI is InChI=1S/C17H13ClN2O2S/c1-11-16(15(21)10-19-9-14-3-2-8-22-14)23-17(20-11)12-4-6-13(18)7-5-12/h2-9H,10H2,1H3. The molecule has 0 saturated heterocycles. The van der Waals surface area contributed by atoms with Gasteiger partial charge < -0.3 is 4.42 Å². The number of aliphatic imine (C=N–C) groups is 1.